The van der Waals surface area contributed by atoms with E-state index in [0.717, 1.165) is 41.4 Å². The predicted molar refractivity (Wildman–Crippen MR) is 127 cm³/mol. The van der Waals surface area contributed by atoms with Crippen LogP contribution in [0.5, 0.6) is 0 Å². The summed E-state index contributed by atoms with van der Waals surface area (Å²) in [6, 6.07) is 0. The van der Waals surface area contributed by atoms with E-state index in [1.165, 1.54) is 57.8 Å². The molecule has 29 heavy (non-hydrogen) atoms. The third-order valence-electron chi connectivity index (χ3n) is 11.9. The summed E-state index contributed by atoms with van der Waals surface area (Å²) in [5.41, 5.74) is 1.80. The van der Waals surface area contributed by atoms with Crippen molar-refractivity contribution >= 4 is 0 Å². The van der Waals surface area contributed by atoms with Crippen molar-refractivity contribution in [2.45, 2.75) is 113 Å². The first-order valence-corrected chi connectivity index (χ1v) is 13.3. The largest absolute Gasteiger partial charge is 0.0917 e. The number of hydrogen-bond donors (Lipinski definition) is 0. The number of rotatable bonds is 4. The highest BCUT2D eigenvalue weighted by atomic mass is 14.7. The fourth-order valence-corrected chi connectivity index (χ4v) is 9.98. The van der Waals surface area contributed by atoms with Crippen molar-refractivity contribution in [3.05, 3.63) is 12.2 Å². The third-order valence-corrected chi connectivity index (χ3v) is 11.9. The molecule has 0 heteroatoms. The van der Waals surface area contributed by atoms with Gasteiger partial charge in [0, 0.05) is 0 Å². The summed E-state index contributed by atoms with van der Waals surface area (Å²) in [5.74, 6) is 6.82. The van der Waals surface area contributed by atoms with Crippen LogP contribution in [0.2, 0.25) is 0 Å². The zero-order chi connectivity index (χ0) is 21.0. The van der Waals surface area contributed by atoms with Crippen LogP contribution >= 0.6 is 0 Å². The van der Waals surface area contributed by atoms with Crippen molar-refractivity contribution in [2.75, 3.05) is 0 Å². The van der Waals surface area contributed by atoms with Crippen LogP contribution in [-0.4, -0.2) is 0 Å². The summed E-state index contributed by atoms with van der Waals surface area (Å²) >= 11 is 0. The van der Waals surface area contributed by atoms with Gasteiger partial charge in [0.15, 0.2) is 0 Å². The van der Waals surface area contributed by atoms with Gasteiger partial charge in [-0.2, -0.15) is 0 Å². The van der Waals surface area contributed by atoms with Crippen molar-refractivity contribution in [1.82, 2.24) is 0 Å². The number of allylic oxidation sites excluding steroid dienone is 2. The molecule has 4 fully saturated rings. The van der Waals surface area contributed by atoms with E-state index in [0.29, 0.717) is 16.2 Å². The summed E-state index contributed by atoms with van der Waals surface area (Å²) in [4.78, 5) is 0. The van der Waals surface area contributed by atoms with Crippen LogP contribution in [0, 0.1) is 57.7 Å². The molecule has 0 spiro atoms. The van der Waals surface area contributed by atoms with Gasteiger partial charge in [0.25, 0.3) is 0 Å². The Kier molecular flexibility index (Phi) is 5.83. The van der Waals surface area contributed by atoms with Crippen LogP contribution < -0.4 is 0 Å². The van der Waals surface area contributed by atoms with Crippen LogP contribution in [0.1, 0.15) is 113 Å². The second kappa shape index (κ2) is 7.70. The van der Waals surface area contributed by atoms with E-state index in [1.54, 1.807) is 6.42 Å². The molecule has 9 atom stereocenters. The Morgan fingerprint density at radius 1 is 0.862 bits per heavy atom. The minimum absolute atomic E-state index is 0.540. The molecule has 0 nitrogen and oxygen atoms in total. The predicted octanol–water partition coefficient (Wildman–Crippen LogP) is 8.91. The second-order valence-electron chi connectivity index (χ2n) is 13.1. The molecule has 4 rings (SSSR count). The molecule has 0 amide bonds. The minimum atomic E-state index is 0.540. The summed E-state index contributed by atoms with van der Waals surface area (Å²) in [7, 11) is 0. The van der Waals surface area contributed by atoms with Gasteiger partial charge in [-0.15, -0.1) is 0 Å². The number of fused-ring (bicyclic) bond motifs is 5. The fraction of sp³-hybridized carbons (Fsp3) is 0.931. The minimum Gasteiger partial charge on any atom is -0.0917 e. The van der Waals surface area contributed by atoms with Gasteiger partial charge in [0.2, 0.25) is 0 Å². The van der Waals surface area contributed by atoms with E-state index in [9.17, 15) is 0 Å². The maximum absolute atomic E-state index is 2.75. The van der Waals surface area contributed by atoms with Crippen molar-refractivity contribution < 1.29 is 0 Å². The molecular formula is C29H50. The van der Waals surface area contributed by atoms with Crippen LogP contribution in [0.25, 0.3) is 0 Å². The second-order valence-corrected chi connectivity index (χ2v) is 13.1. The Hall–Kier alpha value is -0.260. The van der Waals surface area contributed by atoms with E-state index < -0.39 is 0 Å². The highest BCUT2D eigenvalue weighted by Gasteiger charge is 2.62. The topological polar surface area (TPSA) is 0 Å². The highest BCUT2D eigenvalue weighted by Crippen LogP contribution is 2.70. The molecule has 0 aromatic rings. The average molecular weight is 399 g/mol. The standard InChI is InChI=1S/C29H50/c1-8-9-10-11-20(2)23-13-14-24-22-12-15-26-27(4,5)21(3)16-18-29(26,7)25(22)17-19-28(23,24)6/h8-9,20-26H,10-19H2,1-7H3/b9-8-. The van der Waals surface area contributed by atoms with Gasteiger partial charge in [-0.25, -0.2) is 0 Å². The van der Waals surface area contributed by atoms with Crippen LogP contribution in [-0.2, 0) is 0 Å². The van der Waals surface area contributed by atoms with Gasteiger partial charge >= 0.3 is 0 Å². The van der Waals surface area contributed by atoms with E-state index >= 15 is 0 Å². The lowest BCUT2D eigenvalue weighted by atomic mass is 9.40. The average Bonchev–Trinajstić information content (AvgIpc) is 3.02. The quantitative estimate of drug-likeness (QED) is 0.415. The molecule has 4 saturated carbocycles. The lowest BCUT2D eigenvalue weighted by Gasteiger charge is -2.65. The van der Waals surface area contributed by atoms with Crippen molar-refractivity contribution in [3.8, 4) is 0 Å². The SMILES string of the molecule is C/C=C\CCC(C)C1CCC2C3CCC4C(C)(C)C(C)CCC4(C)C3CCC12C. The van der Waals surface area contributed by atoms with E-state index in [4.69, 9.17) is 0 Å². The molecular weight excluding hydrogens is 348 g/mol. The van der Waals surface area contributed by atoms with Crippen LogP contribution in [0.4, 0.5) is 0 Å². The third kappa shape index (κ3) is 3.29. The van der Waals surface area contributed by atoms with Crippen LogP contribution in [0.3, 0.4) is 0 Å². The van der Waals surface area contributed by atoms with E-state index in [1.807, 2.05) is 0 Å². The molecule has 0 heterocycles. The van der Waals surface area contributed by atoms with E-state index in [2.05, 4.69) is 60.6 Å². The first kappa shape index (κ1) is 22.0. The zero-order valence-electron chi connectivity index (χ0n) is 20.8. The summed E-state index contributed by atoms with van der Waals surface area (Å²) in [6.45, 7) is 18.0. The van der Waals surface area contributed by atoms with Crippen molar-refractivity contribution in [3.63, 3.8) is 0 Å². The normalized spacial score (nSPS) is 50.0. The monoisotopic (exact) mass is 398 g/mol. The molecule has 0 bridgehead atoms. The Morgan fingerprint density at radius 2 is 1.55 bits per heavy atom. The highest BCUT2D eigenvalue weighted by molar-refractivity contribution is 5.12. The van der Waals surface area contributed by atoms with Gasteiger partial charge in [-0.1, -0.05) is 53.7 Å². The van der Waals surface area contributed by atoms with Gasteiger partial charge in [-0.05, 0) is 129 Å². The Bertz CT molecular complexity index is 614. The first-order chi connectivity index (χ1) is 13.7. The number of hydrogen-bond acceptors (Lipinski definition) is 0. The molecule has 0 aliphatic heterocycles. The van der Waals surface area contributed by atoms with E-state index in [-0.39, 0.29) is 0 Å². The molecule has 0 radical (unpaired) electrons. The first-order valence-electron chi connectivity index (χ1n) is 13.3. The Balaban J connectivity index is 1.54. The molecule has 4 aliphatic rings. The lowest BCUT2D eigenvalue weighted by Crippen LogP contribution is -2.57. The van der Waals surface area contributed by atoms with Crippen molar-refractivity contribution in [2.24, 2.45) is 57.7 Å². The summed E-state index contributed by atoms with van der Waals surface area (Å²) in [6.07, 6.45) is 19.5. The lowest BCUT2D eigenvalue weighted by molar-refractivity contribution is -0.161. The maximum atomic E-state index is 2.75. The molecule has 4 aliphatic carbocycles. The van der Waals surface area contributed by atoms with Gasteiger partial charge < -0.3 is 0 Å². The van der Waals surface area contributed by atoms with Crippen LogP contribution in [0.15, 0.2) is 12.2 Å². The maximum Gasteiger partial charge on any atom is -0.0261 e. The Morgan fingerprint density at radius 3 is 2.28 bits per heavy atom. The molecule has 9 unspecified atom stereocenters. The van der Waals surface area contributed by atoms with Gasteiger partial charge in [0.1, 0.15) is 0 Å². The molecule has 0 N–H and O–H groups in total. The molecule has 0 saturated heterocycles. The van der Waals surface area contributed by atoms with Crippen molar-refractivity contribution in [1.29, 1.82) is 0 Å². The molecule has 0 aromatic carbocycles. The van der Waals surface area contributed by atoms with Gasteiger partial charge in [-0.3, -0.25) is 0 Å². The summed E-state index contributed by atoms with van der Waals surface area (Å²) in [5, 5.41) is 0. The zero-order valence-corrected chi connectivity index (χ0v) is 20.8. The molecule has 0 aromatic heterocycles. The summed E-state index contributed by atoms with van der Waals surface area (Å²) < 4.78 is 0. The Labute approximate surface area is 182 Å². The fourth-order valence-electron chi connectivity index (χ4n) is 9.98. The smallest absolute Gasteiger partial charge is 0.0261 e. The van der Waals surface area contributed by atoms with Gasteiger partial charge in [0.05, 0.1) is 0 Å². The molecule has 166 valence electrons.